The molecule has 0 fully saturated rings. The van der Waals surface area contributed by atoms with Gasteiger partial charge >= 0.3 is 0 Å². The van der Waals surface area contributed by atoms with Crippen LogP contribution in [0.3, 0.4) is 0 Å². The number of aliphatic imine (C=N–C) groups is 1. The Bertz CT molecular complexity index is 171. The van der Waals surface area contributed by atoms with Gasteiger partial charge in [-0.25, -0.2) is 0 Å². The molecule has 0 saturated carbocycles. The molecule has 1 rings (SSSR count). The van der Waals surface area contributed by atoms with Gasteiger partial charge in [-0.1, -0.05) is 4.85 Å². The second-order valence-electron chi connectivity index (χ2n) is 1.87. The highest BCUT2D eigenvalue weighted by atomic mass is 15.0. The van der Waals surface area contributed by atoms with Crippen LogP contribution < -0.4 is 0 Å². The Morgan fingerprint density at radius 1 is 1.88 bits per heavy atom. The van der Waals surface area contributed by atoms with E-state index in [0.717, 1.165) is 6.42 Å². The summed E-state index contributed by atoms with van der Waals surface area (Å²) in [6.45, 7) is 2.03. The van der Waals surface area contributed by atoms with E-state index in [1.54, 1.807) is 7.05 Å². The van der Waals surface area contributed by atoms with Crippen LogP contribution in [-0.2, 0) is 0 Å². The minimum atomic E-state index is 0.457. The molecular formula is C6H9N2+. The maximum Gasteiger partial charge on any atom is 0.275 e. The van der Waals surface area contributed by atoms with Crippen LogP contribution >= 0.6 is 0 Å². The average Bonchev–Trinajstić information content (AvgIpc) is 2.42. The zero-order valence-electron chi connectivity index (χ0n) is 5.18. The molecule has 0 aromatic heterocycles. The summed E-state index contributed by atoms with van der Waals surface area (Å²) in [6, 6.07) is 3.31. The van der Waals surface area contributed by atoms with Crippen LogP contribution in [0.15, 0.2) is 4.99 Å². The summed E-state index contributed by atoms with van der Waals surface area (Å²) >= 11 is 0. The zero-order chi connectivity index (χ0) is 5.98. The maximum absolute atomic E-state index is 4.09. The molecule has 0 aromatic rings. The highest BCUT2D eigenvalue weighted by molar-refractivity contribution is 5.98. The maximum atomic E-state index is 4.09. The Kier molecular flexibility index (Phi) is 1.29. The minimum Gasteiger partial charge on any atom is -0.282 e. The van der Waals surface area contributed by atoms with E-state index in [4.69, 9.17) is 0 Å². The van der Waals surface area contributed by atoms with Crippen molar-refractivity contribution in [3.63, 3.8) is 0 Å². The lowest BCUT2D eigenvalue weighted by molar-refractivity contribution is 1.03. The van der Waals surface area contributed by atoms with Crippen LogP contribution in [0, 0.1) is 6.07 Å². The first-order valence-corrected chi connectivity index (χ1v) is 2.70. The summed E-state index contributed by atoms with van der Waals surface area (Å²) in [6.07, 6.45) is 0.877. The van der Waals surface area contributed by atoms with Crippen LogP contribution in [0.4, 0.5) is 0 Å². The summed E-state index contributed by atoms with van der Waals surface area (Å²) in [5, 5.41) is 0. The van der Waals surface area contributed by atoms with Crippen molar-refractivity contribution in [2.24, 2.45) is 4.99 Å². The zero-order valence-corrected chi connectivity index (χ0v) is 5.18. The number of hydrogen-bond donors (Lipinski definition) is 0. The van der Waals surface area contributed by atoms with Gasteiger partial charge in [0.25, 0.3) is 13.1 Å². The second kappa shape index (κ2) is 1.95. The Hall–Kier alpha value is -0.840. The highest BCUT2D eigenvalue weighted by Crippen LogP contribution is 2.13. The first-order valence-electron chi connectivity index (χ1n) is 2.70. The Morgan fingerprint density at radius 2 is 2.50 bits per heavy atom. The van der Waals surface area contributed by atoms with Gasteiger partial charge in [0.2, 0.25) is 0 Å². The van der Waals surface area contributed by atoms with Crippen LogP contribution in [0.2, 0.25) is 0 Å². The Balaban J connectivity index is 2.14. The number of nitrogens with zero attached hydrogens (tertiary/aromatic N) is 2. The van der Waals surface area contributed by atoms with E-state index in [2.05, 4.69) is 15.9 Å². The molecule has 0 aromatic carbocycles. The van der Waals surface area contributed by atoms with E-state index in [9.17, 15) is 0 Å². The summed E-state index contributed by atoms with van der Waals surface area (Å²) < 4.78 is 0. The molecule has 0 bridgehead atoms. The molecular weight excluding hydrogens is 100 g/mol. The molecule has 1 heterocycles. The predicted octanol–water partition coefficient (Wildman–Crippen LogP) is 1.18. The van der Waals surface area contributed by atoms with E-state index in [1.807, 2.05) is 6.92 Å². The lowest BCUT2D eigenvalue weighted by Gasteiger charge is -1.72. The van der Waals surface area contributed by atoms with E-state index < -0.39 is 0 Å². The fraction of sp³-hybridized carbons (Fsp3) is 0.667. The third-order valence-electron chi connectivity index (χ3n) is 1.22. The minimum absolute atomic E-state index is 0.457. The van der Waals surface area contributed by atoms with Crippen molar-refractivity contribution >= 4 is 5.71 Å². The average molecular weight is 109 g/mol. The predicted molar refractivity (Wildman–Crippen MR) is 34.7 cm³/mol. The fourth-order valence-corrected chi connectivity index (χ4v) is 0.580. The van der Waals surface area contributed by atoms with E-state index >= 15 is 0 Å². The molecule has 1 atom stereocenters. The molecule has 1 aliphatic rings. The van der Waals surface area contributed by atoms with Gasteiger partial charge in [0, 0.05) is 5.71 Å². The first kappa shape index (κ1) is 5.30. The third kappa shape index (κ3) is 1.06. The van der Waals surface area contributed by atoms with Crippen molar-refractivity contribution in [1.82, 2.24) is 0 Å². The van der Waals surface area contributed by atoms with Crippen molar-refractivity contribution in [2.75, 3.05) is 7.05 Å². The first-order chi connectivity index (χ1) is 3.84. The highest BCUT2D eigenvalue weighted by Gasteiger charge is 2.22. The topological polar surface area (TPSA) is 16.7 Å². The van der Waals surface area contributed by atoms with Crippen LogP contribution in [0.5, 0.6) is 0 Å². The monoisotopic (exact) mass is 109 g/mol. The van der Waals surface area contributed by atoms with Gasteiger partial charge in [0.15, 0.2) is 0 Å². The lowest BCUT2D eigenvalue weighted by atomic mass is 10.3. The second-order valence-corrected chi connectivity index (χ2v) is 1.87. The van der Waals surface area contributed by atoms with Gasteiger partial charge in [-0.15, -0.1) is 0 Å². The molecule has 2 nitrogen and oxygen atoms in total. The molecule has 1 unspecified atom stereocenters. The van der Waals surface area contributed by atoms with Crippen molar-refractivity contribution in [2.45, 2.75) is 19.4 Å². The smallest absolute Gasteiger partial charge is 0.275 e. The Labute approximate surface area is 49.1 Å². The molecule has 0 saturated heterocycles. The van der Waals surface area contributed by atoms with Gasteiger partial charge < -0.3 is 0 Å². The molecule has 0 amide bonds. The fourth-order valence-electron chi connectivity index (χ4n) is 0.580. The van der Waals surface area contributed by atoms with Crippen LogP contribution in [-0.4, -0.2) is 18.8 Å². The van der Waals surface area contributed by atoms with Gasteiger partial charge in [0.05, 0.1) is 0 Å². The standard InChI is InChI=1S/C6H9N2/c1-5-6(8-5)3-4-7-2/h6H,3H2,1-2H3/q+1. The Morgan fingerprint density at radius 3 is 2.88 bits per heavy atom. The lowest BCUT2D eigenvalue weighted by Crippen LogP contribution is -1.88. The van der Waals surface area contributed by atoms with Gasteiger partial charge in [-0.3, -0.25) is 4.99 Å². The van der Waals surface area contributed by atoms with Gasteiger partial charge in [-0.2, -0.15) is 0 Å². The number of hydrogen-bond acceptors (Lipinski definition) is 1. The van der Waals surface area contributed by atoms with E-state index in [0.29, 0.717) is 6.04 Å². The third-order valence-corrected chi connectivity index (χ3v) is 1.22. The van der Waals surface area contributed by atoms with Crippen molar-refractivity contribution in [1.29, 1.82) is 0 Å². The van der Waals surface area contributed by atoms with Crippen LogP contribution in [0.1, 0.15) is 13.3 Å². The summed E-state index contributed by atoms with van der Waals surface area (Å²) in [4.78, 5) is 7.81. The number of rotatable bonds is 1. The van der Waals surface area contributed by atoms with E-state index in [1.165, 1.54) is 5.71 Å². The van der Waals surface area contributed by atoms with Crippen molar-refractivity contribution in [3.05, 3.63) is 4.85 Å². The summed E-state index contributed by atoms with van der Waals surface area (Å²) in [7, 11) is 1.73. The van der Waals surface area contributed by atoms with Gasteiger partial charge in [0.1, 0.15) is 12.5 Å². The van der Waals surface area contributed by atoms with Crippen molar-refractivity contribution < 1.29 is 0 Å². The molecule has 42 valence electrons. The normalized spacial score (nSPS) is 23.2. The van der Waals surface area contributed by atoms with Crippen LogP contribution in [0.25, 0.3) is 4.85 Å². The SMILES string of the molecule is C[N+]#CCC1N=C1C. The van der Waals surface area contributed by atoms with Gasteiger partial charge in [-0.05, 0) is 6.92 Å². The van der Waals surface area contributed by atoms with Crippen molar-refractivity contribution in [3.8, 4) is 6.07 Å². The molecule has 0 radical (unpaired) electrons. The van der Waals surface area contributed by atoms with E-state index in [-0.39, 0.29) is 0 Å². The molecule has 0 aliphatic carbocycles. The molecule has 0 spiro atoms. The summed E-state index contributed by atoms with van der Waals surface area (Å²) in [5.74, 6) is 0. The molecule has 0 N–H and O–H groups in total. The molecule has 1 aliphatic heterocycles. The summed E-state index contributed by atoms with van der Waals surface area (Å²) in [5.41, 5.74) is 1.24. The molecule has 2 heteroatoms. The molecule has 8 heavy (non-hydrogen) atoms. The largest absolute Gasteiger partial charge is 0.282 e. The quantitative estimate of drug-likeness (QED) is 0.481.